The van der Waals surface area contributed by atoms with Crippen LogP contribution in [0.2, 0.25) is 0 Å². The van der Waals surface area contributed by atoms with Gasteiger partial charge in [0.2, 0.25) is 0 Å². The molecule has 0 N–H and O–H groups in total. The number of aromatic nitrogens is 1. The third kappa shape index (κ3) is 3.94. The van der Waals surface area contributed by atoms with Gasteiger partial charge in [0, 0.05) is 27.9 Å². The van der Waals surface area contributed by atoms with Crippen LogP contribution >= 0.6 is 0 Å². The fourth-order valence-electron chi connectivity index (χ4n) is 7.51. The topological polar surface area (TPSA) is 26.0 Å². The molecule has 3 aromatic carbocycles. The normalized spacial score (nSPS) is 14.2. The van der Waals surface area contributed by atoms with E-state index >= 15 is 0 Å². The molecule has 0 aliphatic heterocycles. The lowest BCUT2D eigenvalue weighted by atomic mass is 9.68. The molecule has 0 spiro atoms. The Morgan fingerprint density at radius 1 is 0.769 bits per heavy atom. The van der Waals surface area contributed by atoms with Gasteiger partial charge in [-0.15, -0.1) is 0 Å². The number of benzene rings is 3. The first-order valence-electron chi connectivity index (χ1n) is 14.7. The van der Waals surface area contributed by atoms with Crippen molar-refractivity contribution in [3.8, 4) is 22.4 Å². The number of aryl methyl sites for hydroxylation is 2. The molecule has 200 valence electrons. The second-order valence-corrected chi connectivity index (χ2v) is 13.0. The summed E-state index contributed by atoms with van der Waals surface area (Å²) in [4.78, 5) is 4.91. The van der Waals surface area contributed by atoms with E-state index in [9.17, 15) is 0 Å². The van der Waals surface area contributed by atoms with E-state index in [-0.39, 0.29) is 5.41 Å². The molecule has 0 fully saturated rings. The molecule has 1 aliphatic carbocycles. The maximum atomic E-state index is 6.78. The maximum Gasteiger partial charge on any atom is 0.145 e. The predicted molar refractivity (Wildman–Crippen MR) is 166 cm³/mol. The molecule has 1 aliphatic rings. The Morgan fingerprint density at radius 2 is 1.49 bits per heavy atom. The molecule has 0 unspecified atom stereocenters. The average Bonchev–Trinajstić information content (AvgIpc) is 3.37. The summed E-state index contributed by atoms with van der Waals surface area (Å²) >= 11 is 0. The van der Waals surface area contributed by atoms with Crippen molar-refractivity contribution in [1.82, 2.24) is 4.98 Å². The molecule has 2 heterocycles. The van der Waals surface area contributed by atoms with Gasteiger partial charge in [0.05, 0.1) is 5.69 Å². The Morgan fingerprint density at radius 3 is 2.18 bits per heavy atom. The third-order valence-corrected chi connectivity index (χ3v) is 8.78. The highest BCUT2D eigenvalue weighted by Gasteiger charge is 2.44. The standard InChI is InChI=1S/C37H41NO/c1-21(2)18-37(19-22(3)4)29-12-10-9-11-26(29)34-30(37)15-16-32-35(34)27-14-13-24(7)33(36(27)39-32)31-17-28(23(5)6)25(8)20-38-31/h9-17,20-23H,18-19H2,1-8H3. The largest absolute Gasteiger partial charge is 0.455 e. The van der Waals surface area contributed by atoms with Crippen molar-refractivity contribution in [1.29, 1.82) is 0 Å². The van der Waals surface area contributed by atoms with Gasteiger partial charge in [0.15, 0.2) is 0 Å². The fraction of sp³-hybridized carbons (Fsp3) is 0.378. The zero-order valence-electron chi connectivity index (χ0n) is 24.8. The van der Waals surface area contributed by atoms with E-state index in [1.54, 1.807) is 0 Å². The summed E-state index contributed by atoms with van der Waals surface area (Å²) in [7, 11) is 0. The van der Waals surface area contributed by atoms with E-state index in [1.807, 2.05) is 6.20 Å². The molecule has 0 atom stereocenters. The monoisotopic (exact) mass is 515 g/mol. The molecule has 39 heavy (non-hydrogen) atoms. The SMILES string of the molecule is Cc1cnc(-c2c(C)ccc3c2oc2ccc4c(c23)-c2ccccc2C4(CC(C)C)CC(C)C)cc1C(C)C. The number of hydrogen-bond donors (Lipinski definition) is 0. The minimum absolute atomic E-state index is 0.0181. The Kier molecular flexibility index (Phi) is 6.21. The lowest BCUT2D eigenvalue weighted by Gasteiger charge is -2.35. The van der Waals surface area contributed by atoms with E-state index in [1.165, 1.54) is 49.7 Å². The average molecular weight is 516 g/mol. The van der Waals surface area contributed by atoms with Crippen molar-refractivity contribution in [3.63, 3.8) is 0 Å². The predicted octanol–water partition coefficient (Wildman–Crippen LogP) is 10.7. The number of furan rings is 1. The zero-order valence-corrected chi connectivity index (χ0v) is 24.8. The molecule has 2 aromatic heterocycles. The van der Waals surface area contributed by atoms with Gasteiger partial charge in [0.1, 0.15) is 11.2 Å². The van der Waals surface area contributed by atoms with Gasteiger partial charge in [-0.3, -0.25) is 4.98 Å². The summed E-state index contributed by atoms with van der Waals surface area (Å²) in [6, 6.07) is 20.5. The van der Waals surface area contributed by atoms with Crippen LogP contribution in [-0.4, -0.2) is 4.98 Å². The van der Waals surface area contributed by atoms with E-state index in [2.05, 4.69) is 110 Å². The van der Waals surface area contributed by atoms with Crippen LogP contribution in [-0.2, 0) is 5.41 Å². The molecule has 0 radical (unpaired) electrons. The summed E-state index contributed by atoms with van der Waals surface area (Å²) in [6.07, 6.45) is 4.31. The quantitative estimate of drug-likeness (QED) is 0.225. The zero-order chi connectivity index (χ0) is 27.6. The molecule has 6 rings (SSSR count). The van der Waals surface area contributed by atoms with Gasteiger partial charge in [-0.05, 0) is 95.5 Å². The first-order valence-corrected chi connectivity index (χ1v) is 14.7. The van der Waals surface area contributed by atoms with Crippen molar-refractivity contribution < 1.29 is 4.42 Å². The van der Waals surface area contributed by atoms with Crippen LogP contribution in [0.3, 0.4) is 0 Å². The van der Waals surface area contributed by atoms with E-state index in [4.69, 9.17) is 9.40 Å². The fourth-order valence-corrected chi connectivity index (χ4v) is 7.51. The Labute approximate surface area is 233 Å². The molecule has 0 saturated carbocycles. The summed E-state index contributed by atoms with van der Waals surface area (Å²) < 4.78 is 6.78. The molecular weight excluding hydrogens is 474 g/mol. The molecule has 5 aromatic rings. The van der Waals surface area contributed by atoms with Crippen molar-refractivity contribution in [2.24, 2.45) is 11.8 Å². The molecule has 2 heteroatoms. The van der Waals surface area contributed by atoms with E-state index in [0.29, 0.717) is 17.8 Å². The third-order valence-electron chi connectivity index (χ3n) is 8.78. The Bertz CT molecular complexity index is 1710. The van der Waals surface area contributed by atoms with Crippen molar-refractivity contribution >= 4 is 21.9 Å². The molecule has 0 amide bonds. The van der Waals surface area contributed by atoms with Crippen LogP contribution in [0.4, 0.5) is 0 Å². The van der Waals surface area contributed by atoms with Crippen LogP contribution in [0.5, 0.6) is 0 Å². The van der Waals surface area contributed by atoms with Gasteiger partial charge in [-0.2, -0.15) is 0 Å². The minimum atomic E-state index is 0.0181. The number of hydrogen-bond acceptors (Lipinski definition) is 2. The first-order chi connectivity index (χ1) is 18.6. The Hall–Kier alpha value is -3.39. The number of fused-ring (bicyclic) bond motifs is 7. The lowest BCUT2D eigenvalue weighted by molar-refractivity contribution is 0.337. The van der Waals surface area contributed by atoms with Gasteiger partial charge in [-0.1, -0.05) is 84.0 Å². The second kappa shape index (κ2) is 9.37. The Balaban J connectivity index is 1.69. The second-order valence-electron chi connectivity index (χ2n) is 13.0. The summed E-state index contributed by atoms with van der Waals surface area (Å²) in [6.45, 7) is 18.3. The highest BCUT2D eigenvalue weighted by molar-refractivity contribution is 6.17. The number of nitrogens with zero attached hydrogens (tertiary/aromatic N) is 1. The molecule has 2 nitrogen and oxygen atoms in total. The molecular formula is C37H41NO. The van der Waals surface area contributed by atoms with Crippen LogP contribution in [0.15, 0.2) is 65.2 Å². The minimum Gasteiger partial charge on any atom is -0.455 e. The van der Waals surface area contributed by atoms with Gasteiger partial charge in [0.25, 0.3) is 0 Å². The van der Waals surface area contributed by atoms with Crippen LogP contribution in [0, 0.1) is 25.7 Å². The van der Waals surface area contributed by atoms with Gasteiger partial charge >= 0.3 is 0 Å². The van der Waals surface area contributed by atoms with Gasteiger partial charge < -0.3 is 4.42 Å². The van der Waals surface area contributed by atoms with Crippen LogP contribution in [0.25, 0.3) is 44.3 Å². The number of rotatable bonds is 6. The van der Waals surface area contributed by atoms with Crippen molar-refractivity contribution in [3.05, 3.63) is 88.6 Å². The van der Waals surface area contributed by atoms with Crippen LogP contribution < -0.4 is 0 Å². The molecule has 0 saturated heterocycles. The summed E-state index contributed by atoms with van der Waals surface area (Å²) in [5.41, 5.74) is 13.5. The van der Waals surface area contributed by atoms with E-state index < -0.39 is 0 Å². The highest BCUT2D eigenvalue weighted by atomic mass is 16.3. The smallest absolute Gasteiger partial charge is 0.145 e. The van der Waals surface area contributed by atoms with Crippen molar-refractivity contribution in [2.45, 2.75) is 79.6 Å². The lowest BCUT2D eigenvalue weighted by Crippen LogP contribution is -2.29. The van der Waals surface area contributed by atoms with Crippen LogP contribution in [0.1, 0.15) is 88.1 Å². The summed E-state index contributed by atoms with van der Waals surface area (Å²) in [5, 5.41) is 2.44. The maximum absolute atomic E-state index is 6.78. The van der Waals surface area contributed by atoms with Gasteiger partial charge in [-0.25, -0.2) is 0 Å². The van der Waals surface area contributed by atoms with E-state index in [0.717, 1.165) is 35.3 Å². The van der Waals surface area contributed by atoms with Crippen molar-refractivity contribution in [2.75, 3.05) is 0 Å². The first kappa shape index (κ1) is 25.9. The molecule has 0 bridgehead atoms. The highest BCUT2D eigenvalue weighted by Crippen LogP contribution is 2.58. The summed E-state index contributed by atoms with van der Waals surface area (Å²) in [5.74, 6) is 1.63. The number of pyridine rings is 1.